The van der Waals surface area contributed by atoms with Crippen LogP contribution in [0, 0.1) is 11.8 Å². The third kappa shape index (κ3) is 4.81. The van der Waals surface area contributed by atoms with E-state index in [1.54, 1.807) is 30.1 Å². The topological polar surface area (TPSA) is 90.9 Å². The summed E-state index contributed by atoms with van der Waals surface area (Å²) in [5.74, 6) is 1.79. The van der Waals surface area contributed by atoms with Gasteiger partial charge in [-0.1, -0.05) is 37.1 Å². The fourth-order valence-electron chi connectivity index (χ4n) is 5.28. The van der Waals surface area contributed by atoms with Crippen LogP contribution in [0.25, 0.3) is 0 Å². The lowest BCUT2D eigenvalue weighted by Gasteiger charge is -2.37. The Morgan fingerprint density at radius 1 is 1.14 bits per heavy atom. The third-order valence-corrected chi connectivity index (χ3v) is 7.95. The first-order valence-corrected chi connectivity index (χ1v) is 13.1. The van der Waals surface area contributed by atoms with Crippen molar-refractivity contribution in [3.63, 3.8) is 0 Å². The number of aromatic nitrogens is 2. The van der Waals surface area contributed by atoms with Crippen LogP contribution in [0.5, 0.6) is 0 Å². The zero-order valence-corrected chi connectivity index (χ0v) is 21.7. The molecule has 5 rings (SSSR count). The van der Waals surface area contributed by atoms with E-state index in [9.17, 15) is 9.59 Å². The lowest BCUT2D eigenvalue weighted by Crippen LogP contribution is -2.46. The Balaban J connectivity index is 1.32. The van der Waals surface area contributed by atoms with Crippen LogP contribution in [-0.2, 0) is 14.3 Å². The zero-order chi connectivity index (χ0) is 25.4. The molecule has 36 heavy (non-hydrogen) atoms. The monoisotopic (exact) mass is 512 g/mol. The highest BCUT2D eigenvalue weighted by molar-refractivity contribution is 6.32. The lowest BCUT2D eigenvalue weighted by atomic mass is 9.89. The molecule has 2 unspecified atom stereocenters. The van der Waals surface area contributed by atoms with E-state index in [1.807, 2.05) is 24.3 Å². The average Bonchev–Trinajstić information content (AvgIpc) is 3.20. The number of rotatable bonds is 6. The highest BCUT2D eigenvalue weighted by Crippen LogP contribution is 2.32. The molecule has 4 aliphatic rings. The summed E-state index contributed by atoms with van der Waals surface area (Å²) in [4.78, 5) is 39.9. The molecular weight excluding hydrogens is 480 g/mol. The summed E-state index contributed by atoms with van der Waals surface area (Å²) in [6.07, 6.45) is 12.9. The number of anilines is 2. The highest BCUT2D eigenvalue weighted by atomic mass is 35.5. The molecule has 0 radical (unpaired) electrons. The molecule has 10 heteroatoms. The van der Waals surface area contributed by atoms with Gasteiger partial charge in [-0.05, 0) is 30.9 Å². The van der Waals surface area contributed by atoms with Crippen LogP contribution in [0.3, 0.4) is 0 Å². The van der Waals surface area contributed by atoms with Gasteiger partial charge in [-0.25, -0.2) is 4.98 Å². The zero-order valence-electron chi connectivity index (χ0n) is 21.0. The molecule has 1 aromatic rings. The summed E-state index contributed by atoms with van der Waals surface area (Å²) in [6.45, 7) is 4.76. The van der Waals surface area contributed by atoms with Crippen molar-refractivity contribution >= 4 is 35.2 Å². The molecule has 0 saturated carbocycles. The van der Waals surface area contributed by atoms with Gasteiger partial charge in [0.25, 0.3) is 11.8 Å². The molecule has 0 aromatic carbocycles. The molecule has 0 spiro atoms. The number of nitrogens with one attached hydrogen (secondary N) is 1. The van der Waals surface area contributed by atoms with Crippen LogP contribution in [0.2, 0.25) is 5.02 Å². The van der Waals surface area contributed by atoms with Crippen molar-refractivity contribution in [2.45, 2.75) is 44.8 Å². The van der Waals surface area contributed by atoms with Crippen LogP contribution >= 0.6 is 11.6 Å². The van der Waals surface area contributed by atoms with Gasteiger partial charge in [0.2, 0.25) is 5.95 Å². The van der Waals surface area contributed by atoms with E-state index < -0.39 is 6.10 Å². The second-order valence-electron chi connectivity index (χ2n) is 9.98. The molecule has 2 amide bonds. The van der Waals surface area contributed by atoms with E-state index in [0.717, 1.165) is 37.5 Å². The second-order valence-corrected chi connectivity index (χ2v) is 10.4. The minimum Gasteiger partial charge on any atom is -0.475 e. The standard InChI is InChI=1S/C26H33ClN6O3/c1-4-16-7-11-33(12-8-16)26-28-15-19(27)23(30-26)29-18-5-6-20-17(13-18)14-22(25(35)32(20)3)36-21-9-10-31(2)24(21)34/h5-6,13-17,20-21H,4,7-12H2,1-3H3,(H,28,29,30)/t17?,20?,21-/m0/s1. The molecule has 3 atom stereocenters. The fraction of sp³-hybridized carbons (Fsp3) is 0.538. The highest BCUT2D eigenvalue weighted by Gasteiger charge is 2.38. The van der Waals surface area contributed by atoms with E-state index >= 15 is 0 Å². The van der Waals surface area contributed by atoms with Gasteiger partial charge >= 0.3 is 0 Å². The van der Waals surface area contributed by atoms with E-state index in [1.165, 1.54) is 6.42 Å². The number of likely N-dealkylation sites (tertiary alicyclic amines) is 1. The number of carbonyl (C=O) groups excluding carboxylic acids is 2. The molecule has 3 aliphatic heterocycles. The van der Waals surface area contributed by atoms with Gasteiger partial charge in [0, 0.05) is 51.8 Å². The molecule has 1 aliphatic carbocycles. The van der Waals surface area contributed by atoms with E-state index in [2.05, 4.69) is 22.1 Å². The summed E-state index contributed by atoms with van der Waals surface area (Å²) in [5, 5.41) is 3.78. The molecule has 2 saturated heterocycles. The van der Waals surface area contributed by atoms with Gasteiger partial charge in [-0.3, -0.25) is 9.59 Å². The number of piperidine rings is 1. The van der Waals surface area contributed by atoms with Crippen LogP contribution in [0.15, 0.2) is 42.0 Å². The first kappa shape index (κ1) is 24.6. The Morgan fingerprint density at radius 3 is 2.61 bits per heavy atom. The number of ether oxygens (including phenoxy) is 1. The van der Waals surface area contributed by atoms with Crippen LogP contribution in [0.4, 0.5) is 11.8 Å². The first-order chi connectivity index (χ1) is 17.3. The Labute approximate surface area is 216 Å². The van der Waals surface area contributed by atoms with Crippen molar-refractivity contribution < 1.29 is 14.3 Å². The molecule has 0 bridgehead atoms. The smallest absolute Gasteiger partial charge is 0.288 e. The van der Waals surface area contributed by atoms with Crippen molar-refractivity contribution in [2.75, 3.05) is 43.9 Å². The molecular formula is C26H33ClN6O3. The molecule has 1 N–H and O–H groups in total. The van der Waals surface area contributed by atoms with Crippen LogP contribution in [0.1, 0.15) is 32.6 Å². The number of hydrogen-bond acceptors (Lipinski definition) is 7. The second kappa shape index (κ2) is 10.1. The Hall–Kier alpha value is -3.07. The van der Waals surface area contributed by atoms with Gasteiger partial charge in [-0.15, -0.1) is 0 Å². The SMILES string of the molecule is CCC1CCN(c2ncc(Cl)c(NC3=CC4C=C(O[C@H]5CCN(C)C5=O)C(=O)N(C)C4C=C3)n2)CC1. The van der Waals surface area contributed by atoms with Crippen molar-refractivity contribution in [3.8, 4) is 0 Å². The summed E-state index contributed by atoms with van der Waals surface area (Å²) in [6, 6.07) is -0.131. The maximum atomic E-state index is 12.9. The largest absolute Gasteiger partial charge is 0.475 e. The van der Waals surface area contributed by atoms with E-state index in [-0.39, 0.29) is 29.5 Å². The molecule has 4 heterocycles. The minimum absolute atomic E-state index is 0.0944. The lowest BCUT2D eigenvalue weighted by molar-refractivity contribution is -0.139. The molecule has 1 aromatic heterocycles. The van der Waals surface area contributed by atoms with Gasteiger partial charge in [-0.2, -0.15) is 4.98 Å². The van der Waals surface area contributed by atoms with Crippen molar-refractivity contribution in [3.05, 3.63) is 47.0 Å². The Kier molecular flexibility index (Phi) is 6.92. The van der Waals surface area contributed by atoms with Crippen molar-refractivity contribution in [1.82, 2.24) is 19.8 Å². The minimum atomic E-state index is -0.614. The molecule has 2 fully saturated rings. The summed E-state index contributed by atoms with van der Waals surface area (Å²) in [5.41, 5.74) is 0.822. The first-order valence-electron chi connectivity index (χ1n) is 12.7. The number of nitrogens with zero attached hydrogens (tertiary/aromatic N) is 5. The van der Waals surface area contributed by atoms with Crippen molar-refractivity contribution in [2.24, 2.45) is 11.8 Å². The number of likely N-dealkylation sites (N-methyl/N-ethyl adjacent to an activating group) is 2. The van der Waals surface area contributed by atoms with Gasteiger partial charge in [0.05, 0.1) is 12.2 Å². The van der Waals surface area contributed by atoms with E-state index in [4.69, 9.17) is 21.3 Å². The number of allylic oxidation sites excluding steroid dienone is 1. The summed E-state index contributed by atoms with van der Waals surface area (Å²) in [7, 11) is 3.50. The Morgan fingerprint density at radius 2 is 1.92 bits per heavy atom. The number of halogens is 1. The average molecular weight is 513 g/mol. The number of fused-ring (bicyclic) bond motifs is 1. The maximum absolute atomic E-state index is 12.9. The van der Waals surface area contributed by atoms with Crippen LogP contribution in [-0.4, -0.2) is 77.5 Å². The fourth-order valence-corrected chi connectivity index (χ4v) is 5.42. The number of carbonyl (C=O) groups is 2. The predicted octanol–water partition coefficient (Wildman–Crippen LogP) is 3.21. The normalized spacial score (nSPS) is 26.7. The summed E-state index contributed by atoms with van der Waals surface area (Å²) < 4.78 is 5.90. The molecule has 9 nitrogen and oxygen atoms in total. The third-order valence-electron chi connectivity index (χ3n) is 7.68. The number of hydrogen-bond donors (Lipinski definition) is 1. The van der Waals surface area contributed by atoms with Gasteiger partial charge < -0.3 is 24.8 Å². The predicted molar refractivity (Wildman–Crippen MR) is 138 cm³/mol. The number of amides is 2. The van der Waals surface area contributed by atoms with Gasteiger partial charge in [0.15, 0.2) is 17.7 Å². The molecule has 192 valence electrons. The van der Waals surface area contributed by atoms with Gasteiger partial charge in [0.1, 0.15) is 5.02 Å². The summed E-state index contributed by atoms with van der Waals surface area (Å²) >= 11 is 6.45. The maximum Gasteiger partial charge on any atom is 0.288 e. The van der Waals surface area contributed by atoms with E-state index in [0.29, 0.717) is 29.8 Å². The van der Waals surface area contributed by atoms with Crippen molar-refractivity contribution in [1.29, 1.82) is 0 Å². The van der Waals surface area contributed by atoms with Crippen LogP contribution < -0.4 is 10.2 Å². The quantitative estimate of drug-likeness (QED) is 0.625. The Bertz CT molecular complexity index is 1130.